The minimum Gasteiger partial charge on any atom is -0.489 e. The quantitative estimate of drug-likeness (QED) is 0.558. The van der Waals surface area contributed by atoms with Gasteiger partial charge in [0.05, 0.1) is 5.52 Å². The van der Waals surface area contributed by atoms with Gasteiger partial charge in [0.2, 0.25) is 0 Å². The number of allylic oxidation sites excluding steroid dienone is 1. The molecule has 2 aromatic carbocycles. The summed E-state index contributed by atoms with van der Waals surface area (Å²) in [5, 5.41) is 5.89. The molecule has 3 aromatic rings. The van der Waals surface area contributed by atoms with E-state index in [1.165, 1.54) is 5.56 Å². The van der Waals surface area contributed by atoms with Gasteiger partial charge in [0, 0.05) is 11.4 Å². The highest BCUT2D eigenvalue weighted by molar-refractivity contribution is 6.34. The van der Waals surface area contributed by atoms with E-state index in [4.69, 9.17) is 16.3 Å². The van der Waals surface area contributed by atoms with Crippen LogP contribution in [-0.2, 0) is 17.8 Å². The summed E-state index contributed by atoms with van der Waals surface area (Å²) in [5.74, 6) is 0.834. The summed E-state index contributed by atoms with van der Waals surface area (Å²) in [7, 11) is 0. The summed E-state index contributed by atoms with van der Waals surface area (Å²) in [6.07, 6.45) is 4.55. The number of aldehydes is 1. The van der Waals surface area contributed by atoms with Crippen molar-refractivity contribution in [2.45, 2.75) is 39.3 Å². The Kier molecular flexibility index (Phi) is 4.75. The molecule has 0 amide bonds. The zero-order chi connectivity index (χ0) is 19.0. The van der Waals surface area contributed by atoms with Crippen LogP contribution in [0, 0.1) is 0 Å². The predicted molar refractivity (Wildman–Crippen MR) is 108 cm³/mol. The van der Waals surface area contributed by atoms with Crippen LogP contribution in [0.1, 0.15) is 43.0 Å². The van der Waals surface area contributed by atoms with Crippen molar-refractivity contribution in [2.24, 2.45) is 0 Å². The second kappa shape index (κ2) is 7.20. The number of ether oxygens (including phenoxy) is 1. The normalized spacial score (nSPS) is 13.6. The lowest BCUT2D eigenvalue weighted by Gasteiger charge is -2.15. The van der Waals surface area contributed by atoms with Crippen molar-refractivity contribution in [3.05, 3.63) is 63.8 Å². The van der Waals surface area contributed by atoms with Crippen LogP contribution in [-0.4, -0.2) is 16.1 Å². The molecule has 1 aliphatic carbocycles. The zero-order valence-corrected chi connectivity index (χ0v) is 16.2. The maximum Gasteiger partial charge on any atom is 0.158 e. The van der Waals surface area contributed by atoms with E-state index >= 15 is 0 Å². The Bertz CT molecular complexity index is 1050. The van der Waals surface area contributed by atoms with Crippen molar-refractivity contribution in [3.8, 4) is 5.75 Å². The first-order valence-electron chi connectivity index (χ1n) is 9.13. The molecule has 0 unspecified atom stereocenters. The van der Waals surface area contributed by atoms with Gasteiger partial charge in [-0.3, -0.25) is 9.48 Å². The number of carbonyl (C=O) groups is 1. The summed E-state index contributed by atoms with van der Waals surface area (Å²) in [6.45, 7) is 4.64. The van der Waals surface area contributed by atoms with Crippen molar-refractivity contribution in [1.29, 1.82) is 0 Å². The van der Waals surface area contributed by atoms with Gasteiger partial charge in [-0.05, 0) is 79.3 Å². The molecule has 1 aromatic heterocycles. The highest BCUT2D eigenvalue weighted by Gasteiger charge is 2.13. The van der Waals surface area contributed by atoms with Gasteiger partial charge in [-0.2, -0.15) is 5.10 Å². The first kappa shape index (κ1) is 17.8. The first-order valence-corrected chi connectivity index (χ1v) is 9.51. The average molecular weight is 381 g/mol. The topological polar surface area (TPSA) is 44.1 Å². The van der Waals surface area contributed by atoms with Crippen LogP contribution in [0.5, 0.6) is 5.75 Å². The number of hydrogen-bond donors (Lipinski definition) is 0. The second-order valence-electron chi connectivity index (χ2n) is 7.17. The molecule has 0 atom stereocenters. The van der Waals surface area contributed by atoms with E-state index in [2.05, 4.69) is 31.1 Å². The third-order valence-electron chi connectivity index (χ3n) is 4.91. The van der Waals surface area contributed by atoms with Gasteiger partial charge < -0.3 is 4.74 Å². The van der Waals surface area contributed by atoms with Crippen LogP contribution in [0.2, 0.25) is 5.15 Å². The molecule has 138 valence electrons. The maximum absolute atomic E-state index is 10.9. The molecule has 4 nitrogen and oxygen atoms in total. The lowest BCUT2D eigenvalue weighted by Crippen LogP contribution is -2.03. The molecule has 0 saturated carbocycles. The van der Waals surface area contributed by atoms with Gasteiger partial charge >= 0.3 is 0 Å². The second-order valence-corrected chi connectivity index (χ2v) is 7.53. The average Bonchev–Trinajstić information content (AvgIpc) is 3.02. The smallest absolute Gasteiger partial charge is 0.158 e. The molecule has 0 N–H and O–H groups in total. The predicted octanol–water partition coefficient (Wildman–Crippen LogP) is 5.38. The molecule has 0 aliphatic heterocycles. The van der Waals surface area contributed by atoms with Crippen molar-refractivity contribution in [1.82, 2.24) is 9.78 Å². The Morgan fingerprint density at radius 2 is 2.07 bits per heavy atom. The largest absolute Gasteiger partial charge is 0.489 e. The highest BCUT2D eigenvalue weighted by Crippen LogP contribution is 2.29. The molecule has 1 heterocycles. The molecule has 0 bridgehead atoms. The Labute approximate surface area is 163 Å². The molecular weight excluding hydrogens is 360 g/mol. The molecule has 27 heavy (non-hydrogen) atoms. The fraction of sp³-hybridized carbons (Fsp3) is 0.273. The number of rotatable bonds is 5. The van der Waals surface area contributed by atoms with E-state index in [0.717, 1.165) is 52.5 Å². The van der Waals surface area contributed by atoms with E-state index in [-0.39, 0.29) is 6.04 Å². The fourth-order valence-corrected chi connectivity index (χ4v) is 3.71. The van der Waals surface area contributed by atoms with Crippen LogP contribution >= 0.6 is 11.6 Å². The van der Waals surface area contributed by atoms with Crippen LogP contribution in [0.3, 0.4) is 0 Å². The third kappa shape index (κ3) is 3.50. The van der Waals surface area contributed by atoms with E-state index in [1.54, 1.807) is 0 Å². The first-order chi connectivity index (χ1) is 13.0. The van der Waals surface area contributed by atoms with Crippen LogP contribution in [0.25, 0.3) is 17.0 Å². The SMILES string of the molecule is CC(C)n1nc(Cl)c2cc(COc3ccc4c(c3)CCC(C=O)=C4)ccc21. The van der Waals surface area contributed by atoms with Gasteiger partial charge in [0.1, 0.15) is 18.6 Å². The third-order valence-corrected chi connectivity index (χ3v) is 5.19. The number of aromatic nitrogens is 2. The summed E-state index contributed by atoms with van der Waals surface area (Å²) < 4.78 is 7.93. The fourth-order valence-electron chi connectivity index (χ4n) is 3.47. The van der Waals surface area contributed by atoms with E-state index in [9.17, 15) is 4.79 Å². The van der Waals surface area contributed by atoms with Crippen molar-refractivity contribution >= 4 is 34.9 Å². The molecule has 0 fully saturated rings. The Balaban J connectivity index is 1.53. The number of halogens is 1. The molecule has 0 saturated heterocycles. The summed E-state index contributed by atoms with van der Waals surface area (Å²) in [5.41, 5.74) is 5.25. The lowest BCUT2D eigenvalue weighted by molar-refractivity contribution is -0.105. The molecule has 0 radical (unpaired) electrons. The number of aryl methyl sites for hydroxylation is 1. The monoisotopic (exact) mass is 380 g/mol. The van der Waals surface area contributed by atoms with Crippen LogP contribution < -0.4 is 4.74 Å². The van der Waals surface area contributed by atoms with E-state index < -0.39 is 0 Å². The molecular formula is C22H21ClN2O2. The number of benzene rings is 2. The van der Waals surface area contributed by atoms with Gasteiger partial charge in [0.25, 0.3) is 0 Å². The van der Waals surface area contributed by atoms with Gasteiger partial charge in [-0.15, -0.1) is 0 Å². The van der Waals surface area contributed by atoms with Gasteiger partial charge in [-0.25, -0.2) is 0 Å². The van der Waals surface area contributed by atoms with Gasteiger partial charge in [0.15, 0.2) is 5.15 Å². The molecule has 1 aliphatic rings. The summed E-state index contributed by atoms with van der Waals surface area (Å²) in [6, 6.07) is 12.4. The van der Waals surface area contributed by atoms with E-state index in [1.807, 2.05) is 35.0 Å². The maximum atomic E-state index is 10.9. The summed E-state index contributed by atoms with van der Waals surface area (Å²) >= 11 is 6.31. The Morgan fingerprint density at radius 3 is 2.85 bits per heavy atom. The van der Waals surface area contributed by atoms with Crippen LogP contribution in [0.15, 0.2) is 42.0 Å². The van der Waals surface area contributed by atoms with E-state index in [0.29, 0.717) is 11.8 Å². The minimum atomic E-state index is 0.256. The highest BCUT2D eigenvalue weighted by atomic mass is 35.5. The Morgan fingerprint density at radius 1 is 1.22 bits per heavy atom. The number of hydrogen-bond acceptors (Lipinski definition) is 3. The molecule has 5 heteroatoms. The van der Waals surface area contributed by atoms with Crippen molar-refractivity contribution in [2.75, 3.05) is 0 Å². The lowest BCUT2D eigenvalue weighted by atomic mass is 9.93. The standard InChI is InChI=1S/C22H21ClN2O2/c1-14(2)25-21-8-4-16(10-20(21)22(23)24-25)13-27-19-7-6-17-9-15(12-26)3-5-18(17)11-19/h4,6-12,14H,3,5,13H2,1-2H3. The van der Waals surface area contributed by atoms with Gasteiger partial charge in [-0.1, -0.05) is 23.7 Å². The summed E-state index contributed by atoms with van der Waals surface area (Å²) in [4.78, 5) is 10.9. The number of fused-ring (bicyclic) bond motifs is 2. The molecule has 4 rings (SSSR count). The minimum absolute atomic E-state index is 0.256. The zero-order valence-electron chi connectivity index (χ0n) is 15.4. The Hall–Kier alpha value is -2.59. The molecule has 0 spiro atoms. The number of nitrogens with zero attached hydrogens (tertiary/aromatic N) is 2. The van der Waals surface area contributed by atoms with Crippen molar-refractivity contribution in [3.63, 3.8) is 0 Å². The number of carbonyl (C=O) groups excluding carboxylic acids is 1. The van der Waals surface area contributed by atoms with Crippen molar-refractivity contribution < 1.29 is 9.53 Å². The van der Waals surface area contributed by atoms with Crippen LogP contribution in [0.4, 0.5) is 0 Å².